The minimum absolute atomic E-state index is 0.0966. The van der Waals surface area contributed by atoms with Gasteiger partial charge in [0.25, 0.3) is 11.8 Å². The van der Waals surface area contributed by atoms with E-state index in [1.807, 2.05) is 0 Å². The van der Waals surface area contributed by atoms with E-state index in [-0.39, 0.29) is 12.5 Å². The van der Waals surface area contributed by atoms with Gasteiger partial charge in [0, 0.05) is 32.7 Å². The van der Waals surface area contributed by atoms with Crippen LogP contribution in [0.25, 0.3) is 0 Å². The summed E-state index contributed by atoms with van der Waals surface area (Å²) in [4.78, 5) is 42.5. The molecule has 1 atom stereocenters. The zero-order valence-electron chi connectivity index (χ0n) is 13.6. The molecule has 1 saturated heterocycles. The van der Waals surface area contributed by atoms with E-state index in [1.54, 1.807) is 36.1 Å². The van der Waals surface area contributed by atoms with Crippen molar-refractivity contribution in [3.8, 4) is 0 Å². The molecule has 0 spiro atoms. The Morgan fingerprint density at radius 1 is 1.08 bits per heavy atom. The van der Waals surface area contributed by atoms with Crippen molar-refractivity contribution in [1.29, 1.82) is 0 Å². The molecule has 0 bridgehead atoms. The number of benzene rings is 1. The number of piperazine rings is 1. The van der Waals surface area contributed by atoms with E-state index in [0.717, 1.165) is 4.90 Å². The van der Waals surface area contributed by atoms with E-state index < -0.39 is 17.9 Å². The average Bonchev–Trinajstić information content (AvgIpc) is 2.86. The maximum atomic E-state index is 12.7. The maximum absolute atomic E-state index is 12.7. The number of aliphatic hydroxyl groups excluding tert-OH is 1. The summed E-state index contributed by atoms with van der Waals surface area (Å²) in [7, 11) is 0. The molecule has 7 nitrogen and oxygen atoms in total. The van der Waals surface area contributed by atoms with Crippen molar-refractivity contribution in [2.24, 2.45) is 0 Å². The molecule has 3 rings (SSSR count). The summed E-state index contributed by atoms with van der Waals surface area (Å²) in [5.74, 6) is -1.03. The van der Waals surface area contributed by atoms with E-state index in [4.69, 9.17) is 5.11 Å². The third-order valence-corrected chi connectivity index (χ3v) is 4.67. The fraction of sp³-hybridized carbons (Fsp3) is 0.471. The third kappa shape index (κ3) is 2.81. The number of nitrogens with zero attached hydrogens (tertiary/aromatic N) is 3. The van der Waals surface area contributed by atoms with Crippen molar-refractivity contribution in [3.63, 3.8) is 0 Å². The Balaban J connectivity index is 1.69. The van der Waals surface area contributed by atoms with Gasteiger partial charge in [0.15, 0.2) is 0 Å². The van der Waals surface area contributed by atoms with Gasteiger partial charge in [-0.2, -0.15) is 0 Å². The Morgan fingerprint density at radius 3 is 2.12 bits per heavy atom. The number of aliphatic hydroxyl groups is 1. The average molecular weight is 331 g/mol. The van der Waals surface area contributed by atoms with Crippen LogP contribution in [0.3, 0.4) is 0 Å². The Labute approximate surface area is 140 Å². The summed E-state index contributed by atoms with van der Waals surface area (Å²) >= 11 is 0. The van der Waals surface area contributed by atoms with E-state index in [9.17, 15) is 14.4 Å². The molecule has 1 fully saturated rings. The fourth-order valence-corrected chi connectivity index (χ4v) is 3.27. The summed E-state index contributed by atoms with van der Waals surface area (Å²) in [5, 5.41) is 8.97. The summed E-state index contributed by atoms with van der Waals surface area (Å²) in [6, 6.07) is 5.82. The number of hydrogen-bond donors (Lipinski definition) is 1. The monoisotopic (exact) mass is 331 g/mol. The summed E-state index contributed by atoms with van der Waals surface area (Å²) in [6.45, 7) is 4.72. The first-order valence-corrected chi connectivity index (χ1v) is 8.13. The first kappa shape index (κ1) is 16.6. The third-order valence-electron chi connectivity index (χ3n) is 4.67. The number of hydrogen-bond acceptors (Lipinski definition) is 5. The van der Waals surface area contributed by atoms with Crippen LogP contribution in [0, 0.1) is 0 Å². The molecule has 24 heavy (non-hydrogen) atoms. The van der Waals surface area contributed by atoms with Crippen LogP contribution in [0.2, 0.25) is 0 Å². The molecular formula is C17H21N3O4. The molecule has 3 amide bonds. The predicted octanol–water partition coefficient (Wildman–Crippen LogP) is -0.192. The van der Waals surface area contributed by atoms with Crippen LogP contribution in [0.1, 0.15) is 27.6 Å². The number of imide groups is 1. The van der Waals surface area contributed by atoms with Crippen LogP contribution in [-0.2, 0) is 4.79 Å². The number of carbonyl (C=O) groups excluding carboxylic acids is 3. The van der Waals surface area contributed by atoms with Crippen molar-refractivity contribution < 1.29 is 19.5 Å². The van der Waals surface area contributed by atoms with Gasteiger partial charge >= 0.3 is 0 Å². The molecule has 1 aromatic rings. The number of β-amino-alcohol motifs (C(OH)–C–C–N with tert-alkyl or cyclic N) is 1. The topological polar surface area (TPSA) is 81.2 Å². The van der Waals surface area contributed by atoms with Crippen molar-refractivity contribution in [2.75, 3.05) is 39.3 Å². The Bertz CT molecular complexity index is 633. The molecule has 0 saturated carbocycles. The largest absolute Gasteiger partial charge is 0.395 e. The van der Waals surface area contributed by atoms with Crippen LogP contribution in [-0.4, -0.2) is 82.9 Å². The highest BCUT2D eigenvalue weighted by molar-refractivity contribution is 6.22. The highest BCUT2D eigenvalue weighted by atomic mass is 16.3. The standard InChI is InChI=1S/C17H21N3O4/c1-12(15(22)19-8-6-18(7-9-19)10-11-21)20-16(23)13-4-2-3-5-14(13)17(20)24/h2-5,12,21H,6-11H2,1H3/t12-/m1/s1. The van der Waals surface area contributed by atoms with Gasteiger partial charge in [-0.15, -0.1) is 0 Å². The van der Waals surface area contributed by atoms with Crippen LogP contribution in [0.5, 0.6) is 0 Å². The van der Waals surface area contributed by atoms with Crippen LogP contribution >= 0.6 is 0 Å². The lowest BCUT2D eigenvalue weighted by atomic mass is 10.1. The van der Waals surface area contributed by atoms with Crippen LogP contribution in [0.4, 0.5) is 0 Å². The number of rotatable bonds is 4. The lowest BCUT2D eigenvalue weighted by molar-refractivity contribution is -0.136. The van der Waals surface area contributed by atoms with E-state index in [1.165, 1.54) is 0 Å². The van der Waals surface area contributed by atoms with Crippen molar-refractivity contribution in [3.05, 3.63) is 35.4 Å². The van der Waals surface area contributed by atoms with Gasteiger partial charge in [0.05, 0.1) is 17.7 Å². The highest BCUT2D eigenvalue weighted by Gasteiger charge is 2.41. The van der Waals surface area contributed by atoms with E-state index in [2.05, 4.69) is 4.90 Å². The second-order valence-corrected chi connectivity index (χ2v) is 6.09. The molecule has 7 heteroatoms. The van der Waals surface area contributed by atoms with Gasteiger partial charge in [-0.25, -0.2) is 0 Å². The molecule has 2 aliphatic heterocycles. The van der Waals surface area contributed by atoms with Crippen LogP contribution < -0.4 is 0 Å². The highest BCUT2D eigenvalue weighted by Crippen LogP contribution is 2.25. The van der Waals surface area contributed by atoms with Crippen molar-refractivity contribution >= 4 is 17.7 Å². The summed E-state index contributed by atoms with van der Waals surface area (Å²) < 4.78 is 0. The zero-order chi connectivity index (χ0) is 17.3. The molecule has 128 valence electrons. The Morgan fingerprint density at radius 2 is 1.62 bits per heavy atom. The van der Waals surface area contributed by atoms with Gasteiger partial charge in [-0.1, -0.05) is 12.1 Å². The second-order valence-electron chi connectivity index (χ2n) is 6.09. The molecule has 2 heterocycles. The van der Waals surface area contributed by atoms with E-state index in [0.29, 0.717) is 43.9 Å². The van der Waals surface area contributed by atoms with Gasteiger partial charge < -0.3 is 10.0 Å². The number of carbonyl (C=O) groups is 3. The minimum atomic E-state index is -0.818. The SMILES string of the molecule is C[C@H](C(=O)N1CCN(CCO)CC1)N1C(=O)c2ccccc2C1=O. The predicted molar refractivity (Wildman–Crippen MR) is 86.5 cm³/mol. The molecule has 0 radical (unpaired) electrons. The molecule has 1 aromatic carbocycles. The molecule has 1 N–H and O–H groups in total. The van der Waals surface area contributed by atoms with Crippen LogP contribution in [0.15, 0.2) is 24.3 Å². The van der Waals surface area contributed by atoms with Gasteiger partial charge in [0.1, 0.15) is 6.04 Å². The zero-order valence-corrected chi connectivity index (χ0v) is 13.6. The van der Waals surface area contributed by atoms with E-state index >= 15 is 0 Å². The summed E-state index contributed by atoms with van der Waals surface area (Å²) in [5.41, 5.74) is 0.713. The molecule has 2 aliphatic rings. The molecule has 0 aliphatic carbocycles. The molecule has 0 aromatic heterocycles. The molecule has 0 unspecified atom stereocenters. The quantitative estimate of drug-likeness (QED) is 0.774. The Kier molecular flexibility index (Phi) is 4.64. The molecular weight excluding hydrogens is 310 g/mol. The van der Waals surface area contributed by atoms with Gasteiger partial charge in [-0.3, -0.25) is 24.2 Å². The second kappa shape index (κ2) is 6.70. The Hall–Kier alpha value is -2.25. The fourth-order valence-electron chi connectivity index (χ4n) is 3.27. The smallest absolute Gasteiger partial charge is 0.262 e. The number of fused-ring (bicyclic) bond motifs is 1. The minimum Gasteiger partial charge on any atom is -0.395 e. The van der Waals surface area contributed by atoms with Gasteiger partial charge in [-0.05, 0) is 19.1 Å². The maximum Gasteiger partial charge on any atom is 0.262 e. The lowest BCUT2D eigenvalue weighted by Gasteiger charge is -2.36. The van der Waals surface area contributed by atoms with Crippen molar-refractivity contribution in [1.82, 2.24) is 14.7 Å². The lowest BCUT2D eigenvalue weighted by Crippen LogP contribution is -2.55. The first-order valence-electron chi connectivity index (χ1n) is 8.13. The normalized spacial score (nSPS) is 19.6. The first-order chi connectivity index (χ1) is 11.5. The number of amides is 3. The van der Waals surface area contributed by atoms with Gasteiger partial charge in [0.2, 0.25) is 5.91 Å². The summed E-state index contributed by atoms with van der Waals surface area (Å²) in [6.07, 6.45) is 0. The van der Waals surface area contributed by atoms with Crippen molar-refractivity contribution in [2.45, 2.75) is 13.0 Å².